The number of nitrogens with zero attached hydrogens (tertiary/aromatic N) is 1. The Morgan fingerprint density at radius 1 is 1.44 bits per heavy atom. The number of nitrogens with two attached hydrogens (primary N) is 1. The first-order valence-corrected chi connectivity index (χ1v) is 6.44. The van der Waals surface area contributed by atoms with Crippen molar-refractivity contribution in [1.29, 1.82) is 0 Å². The lowest BCUT2D eigenvalue weighted by atomic mass is 9.86. The van der Waals surface area contributed by atoms with Crippen LogP contribution in [0.15, 0.2) is 17.6 Å². The summed E-state index contributed by atoms with van der Waals surface area (Å²) in [6.07, 6.45) is 8.88. The zero-order valence-electron chi connectivity index (χ0n) is 9.99. The molecule has 3 nitrogen and oxygen atoms in total. The number of fused-ring (bicyclic) bond motifs is 2. The highest BCUT2D eigenvalue weighted by Gasteiger charge is 2.38. The van der Waals surface area contributed by atoms with Crippen LogP contribution in [0.5, 0.6) is 0 Å². The molecule has 0 saturated heterocycles. The number of rotatable bonds is 5. The highest BCUT2D eigenvalue weighted by atomic mass is 15.1. The molecule has 2 aliphatic rings. The van der Waals surface area contributed by atoms with E-state index in [0.29, 0.717) is 12.5 Å². The van der Waals surface area contributed by atoms with E-state index in [-0.39, 0.29) is 0 Å². The van der Waals surface area contributed by atoms with Gasteiger partial charge in [0.15, 0.2) is 5.96 Å². The fourth-order valence-electron chi connectivity index (χ4n) is 3.31. The molecule has 2 rings (SSSR count). The van der Waals surface area contributed by atoms with Crippen molar-refractivity contribution in [3.63, 3.8) is 0 Å². The topological polar surface area (TPSA) is 50.4 Å². The van der Waals surface area contributed by atoms with Gasteiger partial charge < -0.3 is 11.1 Å². The van der Waals surface area contributed by atoms with E-state index in [1.807, 2.05) is 0 Å². The van der Waals surface area contributed by atoms with Crippen LogP contribution in [-0.2, 0) is 0 Å². The molecule has 16 heavy (non-hydrogen) atoms. The Morgan fingerprint density at radius 3 is 2.94 bits per heavy atom. The standard InChI is InChI=1S/C13H23N3/c1-2-6-15-13(14)16-7-5-12-9-10-3-4-11(12)8-10/h2,10-12H,1,3-9H2,(H3,14,15,16). The first-order chi connectivity index (χ1) is 7.79. The minimum Gasteiger partial charge on any atom is -0.370 e. The molecule has 90 valence electrons. The van der Waals surface area contributed by atoms with E-state index in [0.717, 1.165) is 24.3 Å². The second-order valence-corrected chi connectivity index (χ2v) is 5.16. The highest BCUT2D eigenvalue weighted by molar-refractivity contribution is 5.77. The fraction of sp³-hybridized carbons (Fsp3) is 0.769. The van der Waals surface area contributed by atoms with E-state index in [2.05, 4.69) is 16.9 Å². The van der Waals surface area contributed by atoms with E-state index in [1.54, 1.807) is 6.08 Å². The third kappa shape index (κ3) is 2.77. The molecule has 0 amide bonds. The van der Waals surface area contributed by atoms with E-state index in [4.69, 9.17) is 5.73 Å². The van der Waals surface area contributed by atoms with Gasteiger partial charge in [-0.2, -0.15) is 0 Å². The van der Waals surface area contributed by atoms with Gasteiger partial charge in [0.25, 0.3) is 0 Å². The molecule has 0 aromatic carbocycles. The van der Waals surface area contributed by atoms with E-state index < -0.39 is 0 Å². The molecule has 3 atom stereocenters. The largest absolute Gasteiger partial charge is 0.370 e. The second-order valence-electron chi connectivity index (χ2n) is 5.16. The Labute approximate surface area is 98.2 Å². The molecule has 0 radical (unpaired) electrons. The van der Waals surface area contributed by atoms with Gasteiger partial charge >= 0.3 is 0 Å². The molecule has 2 fully saturated rings. The maximum Gasteiger partial charge on any atom is 0.188 e. The quantitative estimate of drug-likeness (QED) is 0.423. The van der Waals surface area contributed by atoms with Crippen molar-refractivity contribution in [2.75, 3.05) is 13.1 Å². The third-order valence-electron chi connectivity index (χ3n) is 4.09. The molecule has 3 N–H and O–H groups in total. The summed E-state index contributed by atoms with van der Waals surface area (Å²) in [6.45, 7) is 5.21. The summed E-state index contributed by atoms with van der Waals surface area (Å²) in [4.78, 5) is 4.34. The molecule has 0 aliphatic heterocycles. The SMILES string of the molecule is C=CCNC(N)=NCCC1CC2CCC1C2. The predicted octanol–water partition coefficient (Wildman–Crippen LogP) is 1.90. The number of guanidine groups is 1. The Kier molecular flexibility index (Phi) is 3.86. The predicted molar refractivity (Wildman–Crippen MR) is 68.2 cm³/mol. The number of nitrogens with one attached hydrogen (secondary N) is 1. The smallest absolute Gasteiger partial charge is 0.188 e. The van der Waals surface area contributed by atoms with Crippen LogP contribution in [-0.4, -0.2) is 19.0 Å². The lowest BCUT2D eigenvalue weighted by Gasteiger charge is -2.20. The molecule has 0 spiro atoms. The third-order valence-corrected chi connectivity index (χ3v) is 4.09. The molecule has 2 saturated carbocycles. The van der Waals surface area contributed by atoms with Gasteiger partial charge in [-0.15, -0.1) is 6.58 Å². The summed E-state index contributed by atoms with van der Waals surface area (Å²) in [6, 6.07) is 0. The van der Waals surface area contributed by atoms with Gasteiger partial charge in [-0.1, -0.05) is 12.5 Å². The summed E-state index contributed by atoms with van der Waals surface area (Å²) in [5, 5.41) is 3.00. The van der Waals surface area contributed by atoms with Crippen LogP contribution in [0.3, 0.4) is 0 Å². The fourth-order valence-corrected chi connectivity index (χ4v) is 3.31. The molecule has 3 unspecified atom stereocenters. The van der Waals surface area contributed by atoms with E-state index >= 15 is 0 Å². The monoisotopic (exact) mass is 221 g/mol. The average molecular weight is 221 g/mol. The van der Waals surface area contributed by atoms with Crippen LogP contribution in [0.2, 0.25) is 0 Å². The Hall–Kier alpha value is -0.990. The molecule has 3 heteroatoms. The minimum atomic E-state index is 0.558. The maximum absolute atomic E-state index is 5.71. The molecule has 2 aliphatic carbocycles. The van der Waals surface area contributed by atoms with Crippen LogP contribution in [0.4, 0.5) is 0 Å². The zero-order chi connectivity index (χ0) is 11.4. The Balaban J connectivity index is 1.66. The summed E-state index contributed by atoms with van der Waals surface area (Å²) in [5.41, 5.74) is 5.71. The first kappa shape index (κ1) is 11.5. The second kappa shape index (κ2) is 5.37. The van der Waals surface area contributed by atoms with Crippen molar-refractivity contribution in [2.45, 2.75) is 32.1 Å². The van der Waals surface area contributed by atoms with Crippen molar-refractivity contribution in [1.82, 2.24) is 5.32 Å². The lowest BCUT2D eigenvalue weighted by Crippen LogP contribution is -2.31. The van der Waals surface area contributed by atoms with Gasteiger partial charge in [-0.25, -0.2) is 0 Å². The molecular weight excluding hydrogens is 198 g/mol. The van der Waals surface area contributed by atoms with E-state index in [1.165, 1.54) is 32.1 Å². The van der Waals surface area contributed by atoms with Gasteiger partial charge in [-0.05, 0) is 43.4 Å². The molecular formula is C13H23N3. The summed E-state index contributed by atoms with van der Waals surface area (Å²) in [5.74, 6) is 3.52. The van der Waals surface area contributed by atoms with Crippen molar-refractivity contribution in [3.8, 4) is 0 Å². The van der Waals surface area contributed by atoms with Crippen molar-refractivity contribution < 1.29 is 0 Å². The van der Waals surface area contributed by atoms with Crippen LogP contribution in [0.25, 0.3) is 0 Å². The summed E-state index contributed by atoms with van der Waals surface area (Å²) < 4.78 is 0. The first-order valence-electron chi connectivity index (χ1n) is 6.44. The summed E-state index contributed by atoms with van der Waals surface area (Å²) in [7, 11) is 0. The van der Waals surface area contributed by atoms with Crippen LogP contribution in [0.1, 0.15) is 32.1 Å². The zero-order valence-corrected chi connectivity index (χ0v) is 9.99. The maximum atomic E-state index is 5.71. The van der Waals surface area contributed by atoms with E-state index in [9.17, 15) is 0 Å². The van der Waals surface area contributed by atoms with Crippen molar-refractivity contribution >= 4 is 5.96 Å². The molecule has 0 heterocycles. The van der Waals surface area contributed by atoms with Gasteiger partial charge in [0, 0.05) is 13.1 Å². The molecule has 0 aromatic heterocycles. The van der Waals surface area contributed by atoms with Gasteiger partial charge in [0.2, 0.25) is 0 Å². The van der Waals surface area contributed by atoms with Crippen LogP contribution in [0, 0.1) is 17.8 Å². The number of aliphatic imine (C=N–C) groups is 1. The lowest BCUT2D eigenvalue weighted by molar-refractivity contribution is 0.318. The highest BCUT2D eigenvalue weighted by Crippen LogP contribution is 2.49. The minimum absolute atomic E-state index is 0.558. The molecule has 0 aromatic rings. The van der Waals surface area contributed by atoms with Crippen molar-refractivity contribution in [3.05, 3.63) is 12.7 Å². The average Bonchev–Trinajstić information content (AvgIpc) is 2.88. The Morgan fingerprint density at radius 2 is 2.31 bits per heavy atom. The Bertz CT molecular complexity index is 272. The van der Waals surface area contributed by atoms with Crippen LogP contribution < -0.4 is 11.1 Å². The number of hydrogen-bond donors (Lipinski definition) is 2. The van der Waals surface area contributed by atoms with Crippen LogP contribution >= 0.6 is 0 Å². The van der Waals surface area contributed by atoms with Gasteiger partial charge in [-0.3, -0.25) is 4.99 Å². The van der Waals surface area contributed by atoms with Crippen molar-refractivity contribution in [2.24, 2.45) is 28.5 Å². The number of hydrogen-bond acceptors (Lipinski definition) is 1. The van der Waals surface area contributed by atoms with Gasteiger partial charge in [0.05, 0.1) is 0 Å². The summed E-state index contributed by atoms with van der Waals surface area (Å²) >= 11 is 0. The molecule has 2 bridgehead atoms. The van der Waals surface area contributed by atoms with Gasteiger partial charge in [0.1, 0.15) is 0 Å². The normalized spacial score (nSPS) is 33.0.